The van der Waals surface area contributed by atoms with E-state index in [0.29, 0.717) is 32.4 Å². The van der Waals surface area contributed by atoms with Gasteiger partial charge in [0, 0.05) is 19.5 Å². The van der Waals surface area contributed by atoms with Crippen molar-refractivity contribution >= 4 is 11.9 Å². The molecule has 1 aliphatic rings. The van der Waals surface area contributed by atoms with Crippen molar-refractivity contribution < 1.29 is 14.7 Å². The van der Waals surface area contributed by atoms with Crippen LogP contribution in [0.2, 0.25) is 0 Å². The van der Waals surface area contributed by atoms with Gasteiger partial charge in [0.25, 0.3) is 0 Å². The van der Waals surface area contributed by atoms with Crippen molar-refractivity contribution in [1.82, 2.24) is 4.90 Å². The quantitative estimate of drug-likeness (QED) is 0.763. The van der Waals surface area contributed by atoms with Gasteiger partial charge in [0.05, 0.1) is 5.92 Å². The third kappa shape index (κ3) is 4.32. The fraction of sp³-hybridized carbons (Fsp3) is 0.818. The third-order valence-electron chi connectivity index (χ3n) is 2.50. The highest BCUT2D eigenvalue weighted by atomic mass is 16.4. The number of aliphatic carboxylic acids is 1. The summed E-state index contributed by atoms with van der Waals surface area (Å²) in [7, 11) is 0. The minimum Gasteiger partial charge on any atom is -0.481 e. The lowest BCUT2D eigenvalue weighted by Gasteiger charge is -2.29. The molecule has 0 radical (unpaired) electrons. The van der Waals surface area contributed by atoms with Crippen molar-refractivity contribution in [1.29, 1.82) is 0 Å². The normalized spacial score (nSPS) is 16.6. The molecule has 1 amide bonds. The van der Waals surface area contributed by atoms with Crippen LogP contribution in [0.15, 0.2) is 0 Å². The minimum atomic E-state index is -0.733. The molecule has 4 nitrogen and oxygen atoms in total. The highest BCUT2D eigenvalue weighted by Gasteiger charge is 2.25. The Morgan fingerprint density at radius 3 is 2.07 bits per heavy atom. The summed E-state index contributed by atoms with van der Waals surface area (Å²) in [5.41, 5.74) is 0. The summed E-state index contributed by atoms with van der Waals surface area (Å²) < 4.78 is 0. The second kappa shape index (κ2) is 7.26. The van der Waals surface area contributed by atoms with Gasteiger partial charge in [-0.05, 0) is 12.8 Å². The number of hydrogen-bond donors (Lipinski definition) is 1. The van der Waals surface area contributed by atoms with Gasteiger partial charge >= 0.3 is 5.97 Å². The van der Waals surface area contributed by atoms with Crippen LogP contribution in [0.4, 0.5) is 0 Å². The molecule has 1 saturated heterocycles. The molecule has 0 spiro atoms. The minimum absolute atomic E-state index is 0.129. The fourth-order valence-electron chi connectivity index (χ4n) is 1.60. The Hall–Kier alpha value is -1.06. The summed E-state index contributed by atoms with van der Waals surface area (Å²) in [6, 6.07) is 0. The highest BCUT2D eigenvalue weighted by Crippen LogP contribution is 2.17. The number of likely N-dealkylation sites (tertiary alicyclic amines) is 1. The molecule has 0 bridgehead atoms. The third-order valence-corrected chi connectivity index (χ3v) is 2.50. The fourth-order valence-corrected chi connectivity index (χ4v) is 1.60. The lowest BCUT2D eigenvalue weighted by molar-refractivity contribution is -0.145. The maximum absolute atomic E-state index is 11.2. The van der Waals surface area contributed by atoms with E-state index in [1.165, 1.54) is 0 Å². The lowest BCUT2D eigenvalue weighted by atomic mass is 9.97. The predicted octanol–water partition coefficient (Wildman–Crippen LogP) is 1.75. The molecule has 0 unspecified atom stereocenters. The largest absolute Gasteiger partial charge is 0.481 e. The Labute approximate surface area is 91.3 Å². The number of carbonyl (C=O) groups is 2. The molecular formula is C11H21NO3. The molecule has 1 heterocycles. The standard InChI is InChI=1S/C9H15NO3.C2H6/c1-2-8(11)10-5-3-7(4-6-10)9(12)13;1-2/h7H,2-6H2,1H3,(H,12,13);1-2H3. The van der Waals surface area contributed by atoms with Crippen LogP contribution in [-0.2, 0) is 9.59 Å². The van der Waals surface area contributed by atoms with Crippen LogP contribution in [0, 0.1) is 5.92 Å². The van der Waals surface area contributed by atoms with E-state index in [9.17, 15) is 9.59 Å². The van der Waals surface area contributed by atoms with Crippen molar-refractivity contribution in [2.75, 3.05) is 13.1 Å². The van der Waals surface area contributed by atoms with Crippen LogP contribution in [0.1, 0.15) is 40.0 Å². The zero-order chi connectivity index (χ0) is 11.8. The van der Waals surface area contributed by atoms with Crippen molar-refractivity contribution in [3.63, 3.8) is 0 Å². The van der Waals surface area contributed by atoms with Crippen LogP contribution in [0.3, 0.4) is 0 Å². The van der Waals surface area contributed by atoms with Gasteiger partial charge in [-0.25, -0.2) is 0 Å². The number of amides is 1. The van der Waals surface area contributed by atoms with Gasteiger partial charge < -0.3 is 10.0 Å². The monoisotopic (exact) mass is 215 g/mol. The Balaban J connectivity index is 0.000000921. The van der Waals surface area contributed by atoms with Crippen LogP contribution < -0.4 is 0 Å². The summed E-state index contributed by atoms with van der Waals surface area (Å²) in [6.45, 7) is 7.03. The van der Waals surface area contributed by atoms with E-state index in [2.05, 4.69) is 0 Å². The topological polar surface area (TPSA) is 57.6 Å². The van der Waals surface area contributed by atoms with Crippen LogP contribution in [-0.4, -0.2) is 35.0 Å². The molecule has 88 valence electrons. The summed E-state index contributed by atoms with van der Waals surface area (Å²) in [5.74, 6) is -0.853. The van der Waals surface area contributed by atoms with Gasteiger partial charge in [-0.15, -0.1) is 0 Å². The van der Waals surface area contributed by atoms with E-state index in [1.54, 1.807) is 4.90 Å². The molecule has 0 aromatic carbocycles. The molecule has 15 heavy (non-hydrogen) atoms. The Bertz CT molecular complexity index is 208. The smallest absolute Gasteiger partial charge is 0.306 e. The van der Waals surface area contributed by atoms with Gasteiger partial charge in [0.2, 0.25) is 5.91 Å². The predicted molar refractivity (Wildman–Crippen MR) is 58.6 cm³/mol. The summed E-state index contributed by atoms with van der Waals surface area (Å²) in [5, 5.41) is 8.72. The van der Waals surface area contributed by atoms with Gasteiger partial charge in [0.15, 0.2) is 0 Å². The number of carbonyl (C=O) groups excluding carboxylic acids is 1. The van der Waals surface area contributed by atoms with Crippen LogP contribution in [0.25, 0.3) is 0 Å². The number of nitrogens with zero attached hydrogens (tertiary/aromatic N) is 1. The molecule has 1 aliphatic heterocycles. The number of piperidine rings is 1. The molecule has 1 rings (SSSR count). The molecule has 0 aromatic heterocycles. The Morgan fingerprint density at radius 1 is 1.27 bits per heavy atom. The number of carboxylic acids is 1. The van der Waals surface area contributed by atoms with Crippen molar-refractivity contribution in [3.05, 3.63) is 0 Å². The van der Waals surface area contributed by atoms with Gasteiger partial charge in [-0.3, -0.25) is 9.59 Å². The lowest BCUT2D eigenvalue weighted by Crippen LogP contribution is -2.39. The molecule has 0 saturated carbocycles. The second-order valence-electron chi connectivity index (χ2n) is 3.35. The highest BCUT2D eigenvalue weighted by molar-refractivity contribution is 5.76. The molecule has 0 aliphatic carbocycles. The molecule has 0 aromatic rings. The average Bonchev–Trinajstić information content (AvgIpc) is 2.31. The first-order chi connectivity index (χ1) is 7.15. The van der Waals surface area contributed by atoms with Crippen molar-refractivity contribution in [2.45, 2.75) is 40.0 Å². The summed E-state index contributed by atoms with van der Waals surface area (Å²) in [6.07, 6.45) is 1.71. The number of rotatable bonds is 2. The van der Waals surface area contributed by atoms with E-state index >= 15 is 0 Å². The first kappa shape index (κ1) is 13.9. The van der Waals surface area contributed by atoms with E-state index in [1.807, 2.05) is 20.8 Å². The molecule has 1 N–H and O–H groups in total. The first-order valence-corrected chi connectivity index (χ1v) is 5.65. The summed E-state index contributed by atoms with van der Waals surface area (Å²) >= 11 is 0. The van der Waals surface area contributed by atoms with Crippen molar-refractivity contribution in [2.24, 2.45) is 5.92 Å². The van der Waals surface area contributed by atoms with Crippen molar-refractivity contribution in [3.8, 4) is 0 Å². The molecule has 1 fully saturated rings. The van der Waals surface area contributed by atoms with Gasteiger partial charge in [-0.2, -0.15) is 0 Å². The zero-order valence-corrected chi connectivity index (χ0v) is 9.82. The Morgan fingerprint density at radius 2 is 1.73 bits per heavy atom. The number of hydrogen-bond acceptors (Lipinski definition) is 2. The van der Waals surface area contributed by atoms with E-state index in [4.69, 9.17) is 5.11 Å². The summed E-state index contributed by atoms with van der Waals surface area (Å²) in [4.78, 5) is 23.6. The molecule has 0 atom stereocenters. The van der Waals surface area contributed by atoms with E-state index < -0.39 is 5.97 Å². The number of carboxylic acid groups (broad SMARTS) is 1. The Kier molecular flexibility index (Phi) is 6.75. The van der Waals surface area contributed by atoms with Gasteiger partial charge in [-0.1, -0.05) is 20.8 Å². The molecule has 4 heteroatoms. The first-order valence-electron chi connectivity index (χ1n) is 5.65. The maximum atomic E-state index is 11.2. The average molecular weight is 215 g/mol. The van der Waals surface area contributed by atoms with E-state index in [0.717, 1.165) is 0 Å². The van der Waals surface area contributed by atoms with Crippen LogP contribution >= 0.6 is 0 Å². The van der Waals surface area contributed by atoms with Crippen LogP contribution in [0.5, 0.6) is 0 Å². The second-order valence-corrected chi connectivity index (χ2v) is 3.35. The van der Waals surface area contributed by atoms with E-state index in [-0.39, 0.29) is 11.8 Å². The SMILES string of the molecule is CC.CCC(=O)N1CCC(C(=O)O)CC1. The maximum Gasteiger partial charge on any atom is 0.306 e. The molecular weight excluding hydrogens is 194 g/mol. The van der Waals surface area contributed by atoms with Gasteiger partial charge in [0.1, 0.15) is 0 Å². The zero-order valence-electron chi connectivity index (χ0n) is 9.82.